The Balaban J connectivity index is 1.11. The van der Waals surface area contributed by atoms with E-state index in [4.69, 9.17) is 9.47 Å². The van der Waals surface area contributed by atoms with Crippen molar-refractivity contribution in [1.82, 2.24) is 15.2 Å². The molecule has 0 radical (unpaired) electrons. The largest absolute Gasteiger partial charge is 0.573 e. The molecule has 4 heterocycles. The number of fused-ring (bicyclic) bond motifs is 2. The lowest BCUT2D eigenvalue weighted by molar-refractivity contribution is -0.274. The predicted molar refractivity (Wildman–Crippen MR) is 126 cm³/mol. The van der Waals surface area contributed by atoms with E-state index in [1.165, 1.54) is 23.1 Å². The third-order valence-corrected chi connectivity index (χ3v) is 6.44. The average Bonchev–Trinajstić information content (AvgIpc) is 2.86. The minimum Gasteiger partial charge on any atom is -0.482 e. The van der Waals surface area contributed by atoms with Gasteiger partial charge >= 0.3 is 6.36 Å². The summed E-state index contributed by atoms with van der Waals surface area (Å²) in [5.74, 6) is 0.398. The van der Waals surface area contributed by atoms with Crippen LogP contribution < -0.4 is 29.7 Å². The van der Waals surface area contributed by atoms with Gasteiger partial charge in [0.25, 0.3) is 11.8 Å². The van der Waals surface area contributed by atoms with E-state index in [0.29, 0.717) is 37.0 Å². The third-order valence-electron chi connectivity index (χ3n) is 6.44. The van der Waals surface area contributed by atoms with Gasteiger partial charge in [0.2, 0.25) is 0 Å². The lowest BCUT2D eigenvalue weighted by Crippen LogP contribution is -2.47. The molecule has 0 atom stereocenters. The Morgan fingerprint density at radius 2 is 1.81 bits per heavy atom. The summed E-state index contributed by atoms with van der Waals surface area (Å²) in [6, 6.07) is 7.67. The summed E-state index contributed by atoms with van der Waals surface area (Å²) in [5.41, 5.74) is 1.07. The van der Waals surface area contributed by atoms with Crippen molar-refractivity contribution >= 4 is 23.3 Å². The zero-order chi connectivity index (χ0) is 26.0. The van der Waals surface area contributed by atoms with Crippen LogP contribution in [0.25, 0.3) is 0 Å². The fraction of sp³-hybridized carbons (Fsp3) is 0.458. The summed E-state index contributed by atoms with van der Waals surface area (Å²) in [7, 11) is 0. The van der Waals surface area contributed by atoms with E-state index in [2.05, 4.69) is 25.3 Å². The molecule has 5 rings (SSSR count). The van der Waals surface area contributed by atoms with Crippen LogP contribution in [-0.2, 0) is 16.1 Å². The molecular weight excluding hydrogens is 495 g/mol. The van der Waals surface area contributed by atoms with Gasteiger partial charge in [-0.25, -0.2) is 4.98 Å². The normalized spacial score (nSPS) is 18.4. The maximum atomic E-state index is 12.6. The molecule has 13 heteroatoms. The molecule has 1 aromatic heterocycles. The Morgan fingerprint density at radius 3 is 2.59 bits per heavy atom. The molecule has 1 fully saturated rings. The number of halogens is 3. The van der Waals surface area contributed by atoms with Crippen LogP contribution in [-0.4, -0.2) is 73.5 Å². The summed E-state index contributed by atoms with van der Waals surface area (Å²) in [4.78, 5) is 32.1. The molecule has 2 aromatic rings. The van der Waals surface area contributed by atoms with Crippen molar-refractivity contribution in [3.63, 3.8) is 0 Å². The predicted octanol–water partition coefficient (Wildman–Crippen LogP) is 2.29. The van der Waals surface area contributed by atoms with Gasteiger partial charge in [0.1, 0.15) is 11.5 Å². The highest BCUT2D eigenvalue weighted by molar-refractivity contribution is 5.98. The van der Waals surface area contributed by atoms with Crippen molar-refractivity contribution in [2.45, 2.75) is 31.8 Å². The Morgan fingerprint density at radius 1 is 1.05 bits per heavy atom. The molecule has 1 saturated heterocycles. The number of alkyl halides is 3. The van der Waals surface area contributed by atoms with E-state index >= 15 is 0 Å². The summed E-state index contributed by atoms with van der Waals surface area (Å²) >= 11 is 0. The Labute approximate surface area is 210 Å². The van der Waals surface area contributed by atoms with Gasteiger partial charge in [0, 0.05) is 31.7 Å². The van der Waals surface area contributed by atoms with Gasteiger partial charge < -0.3 is 34.6 Å². The average molecular weight is 521 g/mol. The number of anilines is 2. The molecule has 1 aromatic carbocycles. The van der Waals surface area contributed by atoms with Crippen LogP contribution in [0.3, 0.4) is 0 Å². The van der Waals surface area contributed by atoms with Gasteiger partial charge in [-0.05, 0) is 50.2 Å². The van der Waals surface area contributed by atoms with Crippen LogP contribution in [0, 0.1) is 0 Å². The Kier molecular flexibility index (Phi) is 7.07. The molecule has 10 nitrogen and oxygen atoms in total. The first-order valence-corrected chi connectivity index (χ1v) is 11.9. The van der Waals surface area contributed by atoms with Crippen molar-refractivity contribution in [3.8, 4) is 17.2 Å². The Bertz CT molecular complexity index is 1170. The number of hydrogen-bond donors (Lipinski definition) is 2. The third kappa shape index (κ3) is 6.23. The van der Waals surface area contributed by atoms with Crippen molar-refractivity contribution in [2.75, 3.05) is 49.6 Å². The second-order valence-corrected chi connectivity index (χ2v) is 8.99. The van der Waals surface area contributed by atoms with Crippen LogP contribution >= 0.6 is 0 Å². The number of rotatable bonds is 7. The number of nitrogens with zero attached hydrogens (tertiary/aromatic N) is 3. The maximum Gasteiger partial charge on any atom is 0.573 e. The van der Waals surface area contributed by atoms with Crippen LogP contribution in [0.5, 0.6) is 17.2 Å². The first-order chi connectivity index (χ1) is 17.7. The zero-order valence-electron chi connectivity index (χ0n) is 19.8. The fourth-order valence-electron chi connectivity index (χ4n) is 4.58. The van der Waals surface area contributed by atoms with Crippen molar-refractivity contribution < 1.29 is 37.0 Å². The number of pyridine rings is 1. The summed E-state index contributed by atoms with van der Waals surface area (Å²) in [5, 5.41) is 6.20. The first-order valence-electron chi connectivity index (χ1n) is 11.9. The van der Waals surface area contributed by atoms with Crippen LogP contribution in [0.4, 0.5) is 24.7 Å². The number of aromatic nitrogens is 1. The lowest BCUT2D eigenvalue weighted by atomic mass is 10.0. The highest BCUT2D eigenvalue weighted by Gasteiger charge is 2.33. The van der Waals surface area contributed by atoms with Crippen LogP contribution in [0.1, 0.15) is 18.5 Å². The standard InChI is InChI=1S/C24H26F3N5O5/c25-24(26,27)37-17-2-4-19-18(11-17)32(22(34)14-36-19)10-9-31-7-5-15(6-8-31)28-12-16-1-3-20-23(29-16)30-21(33)13-35-20/h1-4,11,15,28H,5-10,12-14H2,(H,29,30,33). The van der Waals surface area contributed by atoms with Gasteiger partial charge in [0.15, 0.2) is 24.8 Å². The first kappa shape index (κ1) is 25.1. The van der Waals surface area contributed by atoms with E-state index in [0.717, 1.165) is 31.6 Å². The SMILES string of the molecule is O=C1COc2ccc(CNC3CCN(CCN4C(=O)COc5ccc(OC(F)(F)F)cc54)CC3)nc2N1. The molecule has 0 bridgehead atoms. The topological polar surface area (TPSA) is 105 Å². The van der Waals surface area contributed by atoms with E-state index in [1.807, 2.05) is 6.07 Å². The van der Waals surface area contributed by atoms with E-state index < -0.39 is 12.1 Å². The smallest absolute Gasteiger partial charge is 0.482 e. The number of amides is 2. The van der Waals surface area contributed by atoms with Crippen molar-refractivity contribution in [2.24, 2.45) is 0 Å². The minimum absolute atomic E-state index is 0.00935. The van der Waals surface area contributed by atoms with Gasteiger partial charge in [0.05, 0.1) is 11.4 Å². The maximum absolute atomic E-state index is 12.6. The summed E-state index contributed by atoms with van der Waals surface area (Å²) in [6.45, 7) is 2.90. The molecule has 0 spiro atoms. The lowest BCUT2D eigenvalue weighted by Gasteiger charge is -2.35. The minimum atomic E-state index is -4.82. The molecule has 37 heavy (non-hydrogen) atoms. The van der Waals surface area contributed by atoms with Crippen LogP contribution in [0.2, 0.25) is 0 Å². The molecule has 3 aliphatic rings. The fourth-order valence-corrected chi connectivity index (χ4v) is 4.58. The number of hydrogen-bond acceptors (Lipinski definition) is 8. The Hall–Kier alpha value is -3.58. The van der Waals surface area contributed by atoms with Crippen LogP contribution in [0.15, 0.2) is 30.3 Å². The summed E-state index contributed by atoms with van der Waals surface area (Å²) < 4.78 is 52.6. The number of piperidine rings is 1. The molecule has 2 amide bonds. The monoisotopic (exact) mass is 521 g/mol. The second-order valence-electron chi connectivity index (χ2n) is 8.99. The number of carbonyl (C=O) groups excluding carboxylic acids is 2. The second kappa shape index (κ2) is 10.4. The summed E-state index contributed by atoms with van der Waals surface area (Å²) in [6.07, 6.45) is -3.04. The van der Waals surface area contributed by atoms with Gasteiger partial charge in [-0.15, -0.1) is 13.2 Å². The number of nitrogens with one attached hydrogen (secondary N) is 2. The number of carbonyl (C=O) groups is 2. The molecular formula is C24H26F3N5O5. The zero-order valence-corrected chi connectivity index (χ0v) is 19.8. The van der Waals surface area contributed by atoms with Gasteiger partial charge in [-0.2, -0.15) is 0 Å². The number of benzene rings is 1. The number of likely N-dealkylation sites (tertiary alicyclic amines) is 1. The van der Waals surface area contributed by atoms with E-state index in [-0.39, 0.29) is 36.8 Å². The van der Waals surface area contributed by atoms with Crippen molar-refractivity contribution in [3.05, 3.63) is 36.0 Å². The molecule has 0 saturated carbocycles. The van der Waals surface area contributed by atoms with Crippen molar-refractivity contribution in [1.29, 1.82) is 0 Å². The van der Waals surface area contributed by atoms with Gasteiger partial charge in [-0.3, -0.25) is 9.59 Å². The number of ether oxygens (including phenoxy) is 3. The highest BCUT2D eigenvalue weighted by Crippen LogP contribution is 2.37. The molecule has 198 valence electrons. The quantitative estimate of drug-likeness (QED) is 0.572. The molecule has 0 unspecified atom stereocenters. The highest BCUT2D eigenvalue weighted by atomic mass is 19.4. The van der Waals surface area contributed by atoms with E-state index in [1.54, 1.807) is 6.07 Å². The van der Waals surface area contributed by atoms with E-state index in [9.17, 15) is 22.8 Å². The molecule has 2 N–H and O–H groups in total. The molecule has 0 aliphatic carbocycles. The van der Waals surface area contributed by atoms with Gasteiger partial charge in [-0.1, -0.05) is 0 Å². The molecule has 3 aliphatic heterocycles.